The summed E-state index contributed by atoms with van der Waals surface area (Å²) in [6.45, 7) is 0. The Bertz CT molecular complexity index is 683. The van der Waals surface area contributed by atoms with Gasteiger partial charge in [-0.05, 0) is 30.4 Å². The number of hydrogen-bond acceptors (Lipinski definition) is 4. The molecule has 3 N–H and O–H groups in total. The number of aromatic amines is 1. The number of alkyl halides is 3. The van der Waals surface area contributed by atoms with Crippen molar-refractivity contribution < 1.29 is 13.2 Å². The van der Waals surface area contributed by atoms with E-state index in [1.807, 2.05) is 0 Å². The number of halogens is 4. The summed E-state index contributed by atoms with van der Waals surface area (Å²) < 4.78 is 38.4. The maximum Gasteiger partial charge on any atom is 0.416 e. The molecule has 100 valence electrons. The van der Waals surface area contributed by atoms with Crippen molar-refractivity contribution >= 4 is 34.1 Å². The molecule has 0 fully saturated rings. The van der Waals surface area contributed by atoms with E-state index in [-0.39, 0.29) is 22.1 Å². The molecule has 2 aromatic rings. The number of nitrogens with one attached hydrogen (secondary N) is 1. The van der Waals surface area contributed by atoms with Crippen molar-refractivity contribution in [1.82, 2.24) is 15.0 Å². The molecule has 0 bridgehead atoms. The largest absolute Gasteiger partial charge is 0.416 e. The van der Waals surface area contributed by atoms with Crippen LogP contribution in [0.1, 0.15) is 5.56 Å². The van der Waals surface area contributed by atoms with Crippen LogP contribution in [0.3, 0.4) is 0 Å². The number of rotatable bonds is 1. The van der Waals surface area contributed by atoms with E-state index in [9.17, 15) is 13.2 Å². The molecule has 0 aliphatic heterocycles. The van der Waals surface area contributed by atoms with Crippen LogP contribution < -0.4 is 5.73 Å². The van der Waals surface area contributed by atoms with Gasteiger partial charge in [0.05, 0.1) is 5.56 Å². The minimum absolute atomic E-state index is 0.0145. The summed E-state index contributed by atoms with van der Waals surface area (Å²) in [4.78, 5) is 10.1. The molecule has 0 amide bonds. The van der Waals surface area contributed by atoms with Gasteiger partial charge in [-0.25, -0.2) is 4.98 Å². The second-order valence-corrected chi connectivity index (χ2v) is 4.78. The van der Waals surface area contributed by atoms with Crippen molar-refractivity contribution in [3.05, 3.63) is 33.0 Å². The molecule has 0 aliphatic carbocycles. The highest BCUT2D eigenvalue weighted by molar-refractivity contribution is 9.10. The van der Waals surface area contributed by atoms with Crippen LogP contribution in [0.4, 0.5) is 19.1 Å². The van der Waals surface area contributed by atoms with Crippen LogP contribution in [0.2, 0.25) is 0 Å². The average molecular weight is 351 g/mol. The number of nitrogens with two attached hydrogens (primary N) is 1. The van der Waals surface area contributed by atoms with Crippen molar-refractivity contribution in [1.29, 1.82) is 0 Å². The average Bonchev–Trinajstić information content (AvgIpc) is 2.26. The number of H-pyrrole nitrogens is 1. The molecule has 1 heterocycles. The minimum Gasteiger partial charge on any atom is -0.369 e. The minimum atomic E-state index is -4.44. The summed E-state index contributed by atoms with van der Waals surface area (Å²) in [5, 5.41) is 0. The van der Waals surface area contributed by atoms with Crippen LogP contribution in [0.15, 0.2) is 22.7 Å². The van der Waals surface area contributed by atoms with E-state index < -0.39 is 11.7 Å². The van der Waals surface area contributed by atoms with E-state index in [1.54, 1.807) is 0 Å². The lowest BCUT2D eigenvalue weighted by Gasteiger charge is -2.10. The topological polar surface area (TPSA) is 67.6 Å². The molecule has 1 aromatic heterocycles. The van der Waals surface area contributed by atoms with Gasteiger partial charge >= 0.3 is 6.18 Å². The smallest absolute Gasteiger partial charge is 0.369 e. The molecule has 0 atom stereocenters. The molecule has 0 radical (unpaired) electrons. The molecule has 4 nitrogen and oxygen atoms in total. The maximum absolute atomic E-state index is 12.7. The quantitative estimate of drug-likeness (QED) is 0.771. The van der Waals surface area contributed by atoms with Gasteiger partial charge in [0.25, 0.3) is 0 Å². The van der Waals surface area contributed by atoms with Gasteiger partial charge in [-0.2, -0.15) is 18.2 Å². The van der Waals surface area contributed by atoms with Crippen molar-refractivity contribution in [2.24, 2.45) is 0 Å². The number of nitrogens with zero attached hydrogens (tertiary/aromatic N) is 2. The van der Waals surface area contributed by atoms with E-state index in [0.717, 1.165) is 12.1 Å². The molecule has 0 aliphatic rings. The zero-order valence-electron chi connectivity index (χ0n) is 9.12. The zero-order chi connectivity index (χ0) is 14.2. The van der Waals surface area contributed by atoms with Gasteiger partial charge in [0.2, 0.25) is 10.7 Å². The number of hydrogen-bond donors (Lipinski definition) is 2. The zero-order valence-corrected chi connectivity index (χ0v) is 11.5. The third kappa shape index (κ3) is 3.10. The molecule has 19 heavy (non-hydrogen) atoms. The Kier molecular flexibility index (Phi) is 3.59. The van der Waals surface area contributed by atoms with Crippen LogP contribution in [-0.4, -0.2) is 15.0 Å². The lowest BCUT2D eigenvalue weighted by molar-refractivity contribution is -0.137. The highest BCUT2D eigenvalue weighted by atomic mass is 79.9. The maximum atomic E-state index is 12.7. The van der Waals surface area contributed by atoms with Crippen LogP contribution in [0.25, 0.3) is 11.4 Å². The Hall–Kier alpha value is -1.48. The van der Waals surface area contributed by atoms with E-state index >= 15 is 0 Å². The molecule has 9 heteroatoms. The Morgan fingerprint density at radius 3 is 2.53 bits per heavy atom. The fourth-order valence-electron chi connectivity index (χ4n) is 1.41. The first-order valence-electron chi connectivity index (χ1n) is 4.88. The highest BCUT2D eigenvalue weighted by Crippen LogP contribution is 2.34. The van der Waals surface area contributed by atoms with Gasteiger partial charge in [0.1, 0.15) is 5.82 Å². The summed E-state index contributed by atoms with van der Waals surface area (Å²) in [7, 11) is 0. The van der Waals surface area contributed by atoms with Crippen LogP contribution in [0, 0.1) is 4.77 Å². The Balaban J connectivity index is 2.64. The van der Waals surface area contributed by atoms with Crippen molar-refractivity contribution in [2.45, 2.75) is 6.18 Å². The Morgan fingerprint density at radius 1 is 1.26 bits per heavy atom. The Labute approximate surface area is 119 Å². The van der Waals surface area contributed by atoms with Crippen LogP contribution in [-0.2, 0) is 6.18 Å². The molecule has 0 spiro atoms. The lowest BCUT2D eigenvalue weighted by atomic mass is 10.1. The van der Waals surface area contributed by atoms with Gasteiger partial charge in [0.15, 0.2) is 0 Å². The van der Waals surface area contributed by atoms with Crippen LogP contribution in [0.5, 0.6) is 0 Å². The molecular formula is C10H6BrF3N4S. The molecule has 1 aromatic carbocycles. The Morgan fingerprint density at radius 2 is 1.95 bits per heavy atom. The predicted molar refractivity (Wildman–Crippen MR) is 69.8 cm³/mol. The summed E-state index contributed by atoms with van der Waals surface area (Å²) >= 11 is 7.94. The van der Waals surface area contributed by atoms with Gasteiger partial charge in [0, 0.05) is 10.0 Å². The SMILES string of the molecule is Nc1nc(=S)nc(-c2cc(C(F)(F)F)ccc2Br)[nH]1. The first-order valence-corrected chi connectivity index (χ1v) is 6.08. The van der Waals surface area contributed by atoms with Gasteiger partial charge in [-0.3, -0.25) is 0 Å². The molecule has 0 unspecified atom stereocenters. The van der Waals surface area contributed by atoms with Gasteiger partial charge in [-0.15, -0.1) is 0 Å². The second-order valence-electron chi connectivity index (χ2n) is 3.56. The third-order valence-corrected chi connectivity index (χ3v) is 3.09. The monoisotopic (exact) mass is 350 g/mol. The van der Waals surface area contributed by atoms with E-state index in [0.29, 0.717) is 4.47 Å². The third-order valence-electron chi connectivity index (χ3n) is 2.22. The first kappa shape index (κ1) is 13.9. The first-order chi connectivity index (χ1) is 8.77. The molecule has 2 rings (SSSR count). The number of anilines is 1. The van der Waals surface area contributed by atoms with Crippen molar-refractivity contribution in [2.75, 3.05) is 5.73 Å². The fraction of sp³-hybridized carbons (Fsp3) is 0.100. The molecule has 0 saturated heterocycles. The van der Waals surface area contributed by atoms with Gasteiger partial charge < -0.3 is 10.7 Å². The highest BCUT2D eigenvalue weighted by Gasteiger charge is 2.31. The number of nitrogen functional groups attached to an aromatic ring is 1. The van der Waals surface area contributed by atoms with Gasteiger partial charge in [-0.1, -0.05) is 15.9 Å². The van der Waals surface area contributed by atoms with E-state index in [1.165, 1.54) is 6.07 Å². The number of benzene rings is 1. The van der Waals surface area contributed by atoms with Crippen LogP contribution >= 0.6 is 28.1 Å². The fourth-order valence-corrected chi connectivity index (χ4v) is 2.04. The van der Waals surface area contributed by atoms with Crippen molar-refractivity contribution in [3.63, 3.8) is 0 Å². The van der Waals surface area contributed by atoms with E-state index in [2.05, 4.69) is 30.9 Å². The second kappa shape index (κ2) is 4.89. The molecular weight excluding hydrogens is 345 g/mol. The summed E-state index contributed by atoms with van der Waals surface area (Å²) in [6, 6.07) is 3.21. The normalized spacial score (nSPS) is 11.6. The number of aromatic nitrogens is 3. The summed E-state index contributed by atoms with van der Waals surface area (Å²) in [5.74, 6) is 0.106. The lowest BCUT2D eigenvalue weighted by Crippen LogP contribution is -2.06. The standard InChI is InChI=1S/C10H6BrF3N4S/c11-6-2-1-4(10(12,13)14)3-5(6)7-16-8(15)18-9(19)17-7/h1-3H,(H3,15,16,17,18,19). The predicted octanol–water partition coefficient (Wildman–Crippen LogP) is 3.56. The summed E-state index contributed by atoms with van der Waals surface area (Å²) in [5.41, 5.74) is 4.87. The van der Waals surface area contributed by atoms with Crippen molar-refractivity contribution in [3.8, 4) is 11.4 Å². The molecule has 0 saturated carbocycles. The summed E-state index contributed by atoms with van der Waals surface area (Å²) in [6.07, 6.45) is -4.44. The van der Waals surface area contributed by atoms with E-state index in [4.69, 9.17) is 18.0 Å².